The van der Waals surface area contributed by atoms with E-state index in [2.05, 4.69) is 24.5 Å². The van der Waals surface area contributed by atoms with Gasteiger partial charge in [0.2, 0.25) is 5.91 Å². The largest absolute Gasteiger partial charge is 0.383 e. The minimum Gasteiger partial charge on any atom is -0.383 e. The van der Waals surface area contributed by atoms with Crippen molar-refractivity contribution in [1.29, 1.82) is 0 Å². The van der Waals surface area contributed by atoms with Gasteiger partial charge in [-0.1, -0.05) is 13.8 Å². The molecule has 1 aliphatic rings. The lowest BCUT2D eigenvalue weighted by molar-refractivity contribution is -0.126. The van der Waals surface area contributed by atoms with E-state index in [0.29, 0.717) is 12.5 Å². The van der Waals surface area contributed by atoms with Crippen molar-refractivity contribution in [2.45, 2.75) is 26.3 Å². The van der Waals surface area contributed by atoms with Gasteiger partial charge in [0.25, 0.3) is 0 Å². The molecule has 1 heterocycles. The summed E-state index contributed by atoms with van der Waals surface area (Å²) in [7, 11) is 1.66. The van der Waals surface area contributed by atoms with Crippen LogP contribution in [0.25, 0.3) is 0 Å². The van der Waals surface area contributed by atoms with Crippen LogP contribution in [0.4, 0.5) is 0 Å². The highest BCUT2D eigenvalue weighted by molar-refractivity contribution is 5.79. The summed E-state index contributed by atoms with van der Waals surface area (Å²) in [6.45, 7) is 6.51. The SMILES string of the molecule is CCC(COC)NC(=O)C1CNCC1C. The van der Waals surface area contributed by atoms with Crippen LogP contribution in [0, 0.1) is 11.8 Å². The molecule has 4 nitrogen and oxygen atoms in total. The van der Waals surface area contributed by atoms with Crippen molar-refractivity contribution in [3.63, 3.8) is 0 Å². The molecule has 3 unspecified atom stereocenters. The Labute approximate surface area is 91.8 Å². The van der Waals surface area contributed by atoms with Gasteiger partial charge >= 0.3 is 0 Å². The van der Waals surface area contributed by atoms with Crippen LogP contribution in [0.1, 0.15) is 20.3 Å². The minimum atomic E-state index is 0.121. The highest BCUT2D eigenvalue weighted by atomic mass is 16.5. The molecule has 15 heavy (non-hydrogen) atoms. The van der Waals surface area contributed by atoms with E-state index >= 15 is 0 Å². The van der Waals surface area contributed by atoms with Crippen molar-refractivity contribution in [2.24, 2.45) is 11.8 Å². The van der Waals surface area contributed by atoms with Gasteiger partial charge in [-0.05, 0) is 18.9 Å². The van der Waals surface area contributed by atoms with Gasteiger partial charge in [-0.25, -0.2) is 0 Å². The van der Waals surface area contributed by atoms with Crippen LogP contribution >= 0.6 is 0 Å². The second-order valence-corrected chi connectivity index (χ2v) is 4.31. The molecule has 0 bridgehead atoms. The number of carbonyl (C=O) groups excluding carboxylic acids is 1. The fraction of sp³-hybridized carbons (Fsp3) is 0.909. The van der Waals surface area contributed by atoms with E-state index < -0.39 is 0 Å². The maximum atomic E-state index is 11.9. The summed E-state index contributed by atoms with van der Waals surface area (Å²) in [6, 6.07) is 0.148. The lowest BCUT2D eigenvalue weighted by Gasteiger charge is -2.20. The number of amides is 1. The van der Waals surface area contributed by atoms with E-state index in [0.717, 1.165) is 19.5 Å². The first-order valence-corrected chi connectivity index (χ1v) is 5.69. The molecular formula is C11H22N2O2. The van der Waals surface area contributed by atoms with Gasteiger partial charge in [0.1, 0.15) is 0 Å². The lowest BCUT2D eigenvalue weighted by Crippen LogP contribution is -2.42. The average molecular weight is 214 g/mol. The summed E-state index contributed by atoms with van der Waals surface area (Å²) in [5.41, 5.74) is 0. The van der Waals surface area contributed by atoms with Crippen molar-refractivity contribution in [1.82, 2.24) is 10.6 Å². The third kappa shape index (κ3) is 3.47. The predicted molar refractivity (Wildman–Crippen MR) is 59.6 cm³/mol. The Morgan fingerprint density at radius 1 is 1.60 bits per heavy atom. The van der Waals surface area contributed by atoms with Crippen molar-refractivity contribution >= 4 is 5.91 Å². The summed E-state index contributed by atoms with van der Waals surface area (Å²) in [4.78, 5) is 11.9. The molecule has 3 atom stereocenters. The first-order chi connectivity index (χ1) is 7.19. The lowest BCUT2D eigenvalue weighted by atomic mass is 9.97. The summed E-state index contributed by atoms with van der Waals surface area (Å²) in [6.07, 6.45) is 0.911. The van der Waals surface area contributed by atoms with Gasteiger partial charge in [0.15, 0.2) is 0 Å². The molecule has 4 heteroatoms. The predicted octanol–water partition coefficient (Wildman–Crippen LogP) is 0.383. The molecule has 1 fully saturated rings. The van der Waals surface area contributed by atoms with Crippen LogP contribution < -0.4 is 10.6 Å². The molecule has 1 amide bonds. The standard InChI is InChI=1S/C11H22N2O2/c1-4-9(7-15-3)13-11(14)10-6-12-5-8(10)2/h8-10,12H,4-7H2,1-3H3,(H,13,14). The van der Waals surface area contributed by atoms with Gasteiger partial charge in [-0.3, -0.25) is 4.79 Å². The van der Waals surface area contributed by atoms with E-state index in [4.69, 9.17) is 4.74 Å². The second-order valence-electron chi connectivity index (χ2n) is 4.31. The number of hydrogen-bond donors (Lipinski definition) is 2. The van der Waals surface area contributed by atoms with Gasteiger partial charge in [-0.2, -0.15) is 0 Å². The van der Waals surface area contributed by atoms with E-state index in [1.54, 1.807) is 7.11 Å². The summed E-state index contributed by atoms with van der Waals surface area (Å²) in [5.74, 6) is 0.720. The Kier molecular flexibility index (Phi) is 5.05. The number of carbonyl (C=O) groups is 1. The van der Waals surface area contributed by atoms with E-state index in [1.807, 2.05) is 0 Å². The number of methoxy groups -OCH3 is 1. The Balaban J connectivity index is 2.39. The zero-order valence-electron chi connectivity index (χ0n) is 9.88. The molecular weight excluding hydrogens is 192 g/mol. The zero-order valence-corrected chi connectivity index (χ0v) is 9.88. The maximum Gasteiger partial charge on any atom is 0.225 e. The van der Waals surface area contributed by atoms with Crippen LogP contribution in [0.2, 0.25) is 0 Å². The summed E-state index contributed by atoms with van der Waals surface area (Å²) in [5, 5.41) is 6.27. The smallest absolute Gasteiger partial charge is 0.225 e. The Morgan fingerprint density at radius 2 is 2.33 bits per heavy atom. The first kappa shape index (κ1) is 12.5. The number of rotatable bonds is 5. The van der Waals surface area contributed by atoms with Gasteiger partial charge in [0.05, 0.1) is 18.6 Å². The number of hydrogen-bond acceptors (Lipinski definition) is 3. The van der Waals surface area contributed by atoms with Crippen LogP contribution in [0.15, 0.2) is 0 Å². The monoisotopic (exact) mass is 214 g/mol. The minimum absolute atomic E-state index is 0.121. The third-order valence-electron chi connectivity index (χ3n) is 3.06. The Bertz CT molecular complexity index is 209. The molecule has 1 saturated heterocycles. The molecule has 2 N–H and O–H groups in total. The third-order valence-corrected chi connectivity index (χ3v) is 3.06. The normalized spacial score (nSPS) is 27.7. The van der Waals surface area contributed by atoms with Crippen LogP contribution in [0.3, 0.4) is 0 Å². The van der Waals surface area contributed by atoms with Crippen molar-refractivity contribution < 1.29 is 9.53 Å². The Hall–Kier alpha value is -0.610. The molecule has 0 aliphatic carbocycles. The molecule has 0 radical (unpaired) electrons. The molecule has 0 aromatic rings. The topological polar surface area (TPSA) is 50.4 Å². The van der Waals surface area contributed by atoms with Crippen molar-refractivity contribution in [3.8, 4) is 0 Å². The molecule has 1 rings (SSSR count). The fourth-order valence-corrected chi connectivity index (χ4v) is 1.93. The van der Waals surface area contributed by atoms with E-state index in [1.165, 1.54) is 0 Å². The fourth-order valence-electron chi connectivity index (χ4n) is 1.93. The molecule has 0 aromatic heterocycles. The van der Waals surface area contributed by atoms with Crippen LogP contribution in [-0.4, -0.2) is 38.8 Å². The molecule has 0 spiro atoms. The quantitative estimate of drug-likeness (QED) is 0.696. The van der Waals surface area contributed by atoms with E-state index in [-0.39, 0.29) is 17.9 Å². The highest BCUT2D eigenvalue weighted by Crippen LogP contribution is 2.16. The van der Waals surface area contributed by atoms with Gasteiger partial charge in [0, 0.05) is 13.7 Å². The van der Waals surface area contributed by atoms with Gasteiger partial charge in [-0.15, -0.1) is 0 Å². The van der Waals surface area contributed by atoms with Crippen molar-refractivity contribution in [2.75, 3.05) is 26.8 Å². The molecule has 1 aliphatic heterocycles. The first-order valence-electron chi connectivity index (χ1n) is 5.69. The molecule has 0 saturated carbocycles. The summed E-state index contributed by atoms with van der Waals surface area (Å²) < 4.78 is 5.05. The highest BCUT2D eigenvalue weighted by Gasteiger charge is 2.30. The second kappa shape index (κ2) is 6.08. The van der Waals surface area contributed by atoms with Gasteiger partial charge < -0.3 is 15.4 Å². The number of ether oxygens (including phenoxy) is 1. The van der Waals surface area contributed by atoms with Crippen molar-refractivity contribution in [3.05, 3.63) is 0 Å². The molecule has 88 valence electrons. The molecule has 0 aromatic carbocycles. The average Bonchev–Trinajstić information content (AvgIpc) is 2.63. The zero-order chi connectivity index (χ0) is 11.3. The number of nitrogens with one attached hydrogen (secondary N) is 2. The van der Waals surface area contributed by atoms with Crippen LogP contribution in [-0.2, 0) is 9.53 Å². The van der Waals surface area contributed by atoms with Crippen LogP contribution in [0.5, 0.6) is 0 Å². The summed E-state index contributed by atoms with van der Waals surface area (Å²) >= 11 is 0. The maximum absolute atomic E-state index is 11.9. The van der Waals surface area contributed by atoms with E-state index in [9.17, 15) is 4.79 Å². The Morgan fingerprint density at radius 3 is 2.80 bits per heavy atom.